The van der Waals surface area contributed by atoms with E-state index in [-0.39, 0.29) is 12.3 Å². The number of sulfonamides is 1. The Morgan fingerprint density at radius 1 is 1.20 bits per heavy atom. The first-order chi connectivity index (χ1) is 11.7. The van der Waals surface area contributed by atoms with Crippen LogP contribution in [-0.2, 0) is 21.2 Å². The Hall–Kier alpha value is -2.25. The summed E-state index contributed by atoms with van der Waals surface area (Å²) in [6.45, 7) is 0. The van der Waals surface area contributed by atoms with Crippen LogP contribution >= 0.6 is 11.6 Å². The van der Waals surface area contributed by atoms with Crippen LogP contribution in [0.4, 0.5) is 11.4 Å². The van der Waals surface area contributed by atoms with Crippen molar-refractivity contribution in [3.05, 3.63) is 53.1 Å². The van der Waals surface area contributed by atoms with Crippen LogP contribution in [0.15, 0.2) is 42.5 Å². The fourth-order valence-electron chi connectivity index (χ4n) is 2.15. The quantitative estimate of drug-likeness (QED) is 0.833. The summed E-state index contributed by atoms with van der Waals surface area (Å²) in [5.41, 5.74) is 1.88. The molecule has 6 nitrogen and oxygen atoms in total. The molecule has 25 heavy (non-hydrogen) atoms. The number of methoxy groups -OCH3 is 1. The molecule has 134 valence electrons. The molecule has 8 heteroatoms. The van der Waals surface area contributed by atoms with Crippen LogP contribution < -0.4 is 14.4 Å². The van der Waals surface area contributed by atoms with Gasteiger partial charge in [-0.3, -0.25) is 9.10 Å². The SMILES string of the molecule is COc1ccc(NC(=O)Cc2ccc(N(C)S(C)(=O)=O)cc2)cc1Cl. The summed E-state index contributed by atoms with van der Waals surface area (Å²) in [4.78, 5) is 12.1. The number of anilines is 2. The minimum absolute atomic E-state index is 0.159. The molecular formula is C17H19ClN2O4S. The minimum Gasteiger partial charge on any atom is -0.495 e. The standard InChI is InChI=1S/C17H19ClN2O4S/c1-20(25(3,22)23)14-7-4-12(5-8-14)10-17(21)19-13-6-9-16(24-2)15(18)11-13/h4-9,11H,10H2,1-3H3,(H,19,21). The molecule has 1 amide bonds. The number of hydrogen-bond donors (Lipinski definition) is 1. The van der Waals surface area contributed by atoms with Crippen molar-refractivity contribution in [2.24, 2.45) is 0 Å². The zero-order valence-corrected chi connectivity index (χ0v) is 15.7. The summed E-state index contributed by atoms with van der Waals surface area (Å²) < 4.78 is 29.3. The van der Waals surface area contributed by atoms with Crippen LogP contribution in [-0.4, -0.2) is 34.7 Å². The second kappa shape index (κ2) is 7.76. The van der Waals surface area contributed by atoms with Crippen LogP contribution in [0.5, 0.6) is 5.75 Å². The zero-order chi connectivity index (χ0) is 18.6. The molecule has 0 heterocycles. The van der Waals surface area contributed by atoms with Gasteiger partial charge in [0, 0.05) is 12.7 Å². The van der Waals surface area contributed by atoms with Crippen molar-refractivity contribution in [1.29, 1.82) is 0 Å². The lowest BCUT2D eigenvalue weighted by Crippen LogP contribution is -2.24. The van der Waals surface area contributed by atoms with E-state index in [1.165, 1.54) is 18.5 Å². The van der Waals surface area contributed by atoms with E-state index in [1.807, 2.05) is 0 Å². The average Bonchev–Trinajstić information content (AvgIpc) is 2.54. The number of carbonyl (C=O) groups is 1. The molecule has 0 saturated heterocycles. The van der Waals surface area contributed by atoms with E-state index >= 15 is 0 Å². The Morgan fingerprint density at radius 2 is 1.84 bits per heavy atom. The Balaban J connectivity index is 2.02. The molecule has 0 aliphatic carbocycles. The molecule has 0 bridgehead atoms. The van der Waals surface area contributed by atoms with Gasteiger partial charge in [0.15, 0.2) is 0 Å². The average molecular weight is 383 g/mol. The largest absolute Gasteiger partial charge is 0.495 e. The number of amides is 1. The highest BCUT2D eigenvalue weighted by Gasteiger charge is 2.12. The van der Waals surface area contributed by atoms with Gasteiger partial charge in [-0.2, -0.15) is 0 Å². The van der Waals surface area contributed by atoms with Crippen molar-refractivity contribution in [1.82, 2.24) is 0 Å². The summed E-state index contributed by atoms with van der Waals surface area (Å²) in [5, 5.41) is 3.17. The van der Waals surface area contributed by atoms with Crippen molar-refractivity contribution in [3.63, 3.8) is 0 Å². The number of hydrogen-bond acceptors (Lipinski definition) is 4. The number of halogens is 1. The van der Waals surface area contributed by atoms with Crippen LogP contribution in [0.25, 0.3) is 0 Å². The lowest BCUT2D eigenvalue weighted by molar-refractivity contribution is -0.115. The van der Waals surface area contributed by atoms with Crippen LogP contribution in [0.1, 0.15) is 5.56 Å². The van der Waals surface area contributed by atoms with Crippen molar-refractivity contribution in [2.75, 3.05) is 30.0 Å². The highest BCUT2D eigenvalue weighted by Crippen LogP contribution is 2.27. The number of ether oxygens (including phenoxy) is 1. The molecule has 0 aliphatic heterocycles. The molecule has 0 aromatic heterocycles. The fourth-order valence-corrected chi connectivity index (χ4v) is 2.91. The zero-order valence-electron chi connectivity index (χ0n) is 14.1. The molecular weight excluding hydrogens is 364 g/mol. The maximum absolute atomic E-state index is 12.1. The van der Waals surface area contributed by atoms with Gasteiger partial charge in [0.25, 0.3) is 0 Å². The van der Waals surface area contributed by atoms with Gasteiger partial charge < -0.3 is 10.1 Å². The second-order valence-electron chi connectivity index (χ2n) is 5.47. The number of nitrogens with zero attached hydrogens (tertiary/aromatic N) is 1. The third kappa shape index (κ3) is 5.11. The predicted octanol–water partition coefficient (Wildman–Crippen LogP) is 2.93. The molecule has 2 aromatic rings. The van der Waals surface area contributed by atoms with Gasteiger partial charge in [-0.25, -0.2) is 8.42 Å². The maximum Gasteiger partial charge on any atom is 0.231 e. The number of benzene rings is 2. The van der Waals surface area contributed by atoms with Gasteiger partial charge in [0.05, 0.1) is 30.5 Å². The second-order valence-corrected chi connectivity index (χ2v) is 7.89. The Bertz CT molecular complexity index is 867. The predicted molar refractivity (Wildman–Crippen MR) is 100 cm³/mol. The first-order valence-corrected chi connectivity index (χ1v) is 9.59. The number of carbonyl (C=O) groups excluding carboxylic acids is 1. The fraction of sp³-hybridized carbons (Fsp3) is 0.235. The summed E-state index contributed by atoms with van der Waals surface area (Å²) in [6.07, 6.45) is 1.29. The highest BCUT2D eigenvalue weighted by atomic mass is 35.5. The minimum atomic E-state index is -3.31. The molecule has 2 aromatic carbocycles. The van der Waals surface area contributed by atoms with Crippen molar-refractivity contribution < 1.29 is 17.9 Å². The molecule has 0 spiro atoms. The van der Waals surface area contributed by atoms with E-state index < -0.39 is 10.0 Å². The van der Waals surface area contributed by atoms with Crippen LogP contribution in [0.3, 0.4) is 0 Å². The van der Waals surface area contributed by atoms with Crippen molar-refractivity contribution >= 4 is 38.9 Å². The van der Waals surface area contributed by atoms with E-state index in [4.69, 9.17) is 16.3 Å². The smallest absolute Gasteiger partial charge is 0.231 e. The summed E-state index contributed by atoms with van der Waals surface area (Å²) in [6, 6.07) is 11.8. The van der Waals surface area contributed by atoms with Crippen LogP contribution in [0, 0.1) is 0 Å². The highest BCUT2D eigenvalue weighted by molar-refractivity contribution is 7.92. The molecule has 0 fully saturated rings. The Kier molecular flexibility index (Phi) is 5.92. The number of nitrogens with one attached hydrogen (secondary N) is 1. The molecule has 0 radical (unpaired) electrons. The molecule has 0 atom stereocenters. The van der Waals surface area contributed by atoms with Gasteiger partial charge in [0.2, 0.25) is 15.9 Å². The Morgan fingerprint density at radius 3 is 2.36 bits per heavy atom. The first kappa shape index (κ1) is 19.1. The van der Waals surface area contributed by atoms with Gasteiger partial charge in [0.1, 0.15) is 5.75 Å². The summed E-state index contributed by atoms with van der Waals surface area (Å²) in [5.74, 6) is 0.329. The topological polar surface area (TPSA) is 75.7 Å². The van der Waals surface area contributed by atoms with E-state index in [2.05, 4.69) is 5.32 Å². The Labute approximate surface area is 152 Å². The summed E-state index contributed by atoms with van der Waals surface area (Å²) in [7, 11) is -0.316. The normalized spacial score (nSPS) is 11.0. The van der Waals surface area contributed by atoms with E-state index in [0.717, 1.165) is 11.8 Å². The molecule has 0 aliphatic rings. The van der Waals surface area contributed by atoms with E-state index in [9.17, 15) is 13.2 Å². The van der Waals surface area contributed by atoms with Crippen molar-refractivity contribution in [3.8, 4) is 5.75 Å². The van der Waals surface area contributed by atoms with E-state index in [0.29, 0.717) is 22.1 Å². The van der Waals surface area contributed by atoms with Gasteiger partial charge in [-0.15, -0.1) is 0 Å². The number of rotatable bonds is 6. The third-order valence-corrected chi connectivity index (χ3v) is 5.10. The molecule has 0 unspecified atom stereocenters. The van der Waals surface area contributed by atoms with Gasteiger partial charge in [-0.1, -0.05) is 23.7 Å². The third-order valence-electron chi connectivity index (χ3n) is 3.60. The first-order valence-electron chi connectivity index (χ1n) is 7.37. The summed E-state index contributed by atoms with van der Waals surface area (Å²) >= 11 is 6.03. The maximum atomic E-state index is 12.1. The van der Waals surface area contributed by atoms with E-state index in [1.54, 1.807) is 42.5 Å². The molecule has 1 N–H and O–H groups in total. The van der Waals surface area contributed by atoms with Gasteiger partial charge >= 0.3 is 0 Å². The molecule has 0 saturated carbocycles. The van der Waals surface area contributed by atoms with Crippen molar-refractivity contribution in [2.45, 2.75) is 6.42 Å². The molecule has 2 rings (SSSR count). The monoisotopic (exact) mass is 382 g/mol. The lowest BCUT2D eigenvalue weighted by Gasteiger charge is -2.16. The van der Waals surface area contributed by atoms with Crippen LogP contribution in [0.2, 0.25) is 5.02 Å². The van der Waals surface area contributed by atoms with Gasteiger partial charge in [-0.05, 0) is 35.9 Å². The lowest BCUT2D eigenvalue weighted by atomic mass is 10.1.